The fraction of sp³-hybridized carbons (Fsp3) is 0.280. The number of amides is 1. The number of carbonyl (C=O) groups excluding carboxylic acids is 1. The fourth-order valence-electron chi connectivity index (χ4n) is 4.60. The first-order valence-corrected chi connectivity index (χ1v) is 11.2. The lowest BCUT2D eigenvalue weighted by atomic mass is 9.79. The lowest BCUT2D eigenvalue weighted by Crippen LogP contribution is -2.38. The first-order valence-electron chi connectivity index (χ1n) is 10.4. The van der Waals surface area contributed by atoms with Gasteiger partial charge in [-0.2, -0.15) is 0 Å². The van der Waals surface area contributed by atoms with Gasteiger partial charge in [-0.1, -0.05) is 43.2 Å². The van der Waals surface area contributed by atoms with Crippen molar-refractivity contribution in [2.45, 2.75) is 31.1 Å². The molecule has 5 rings (SSSR count). The summed E-state index contributed by atoms with van der Waals surface area (Å²) in [6, 6.07) is 20.5. The molecule has 0 saturated heterocycles. The Morgan fingerprint density at radius 2 is 1.87 bits per heavy atom. The van der Waals surface area contributed by atoms with Crippen LogP contribution in [0.25, 0.3) is 21.1 Å². The van der Waals surface area contributed by atoms with Gasteiger partial charge in [-0.15, -0.1) is 11.3 Å². The Morgan fingerprint density at radius 1 is 1.07 bits per heavy atom. The van der Waals surface area contributed by atoms with E-state index in [1.165, 1.54) is 29.7 Å². The molecule has 1 amide bonds. The standard InChI is InChI=1S/C25H24N2O2S/c1-29-20-9-10-21-17(14-20)13-18-15-22(30-24(18)27-21)23(28)26-16-25(11-5-6-12-25)19-7-3-2-4-8-19/h2-4,7-10,13-15H,5-6,11-12,16H2,1H3,(H,26,28). The minimum Gasteiger partial charge on any atom is -0.497 e. The number of carbonyl (C=O) groups is 1. The number of nitrogens with one attached hydrogen (secondary N) is 1. The summed E-state index contributed by atoms with van der Waals surface area (Å²) in [5.74, 6) is 0.793. The first kappa shape index (κ1) is 19.1. The Labute approximate surface area is 179 Å². The molecule has 30 heavy (non-hydrogen) atoms. The van der Waals surface area contributed by atoms with Crippen molar-refractivity contribution in [1.82, 2.24) is 10.3 Å². The highest BCUT2D eigenvalue weighted by molar-refractivity contribution is 7.20. The van der Waals surface area contributed by atoms with Crippen LogP contribution in [0.1, 0.15) is 40.9 Å². The molecule has 1 saturated carbocycles. The number of ether oxygens (including phenoxy) is 1. The summed E-state index contributed by atoms with van der Waals surface area (Å²) in [6.07, 6.45) is 4.68. The molecule has 152 valence electrons. The number of thiophene rings is 1. The second kappa shape index (κ2) is 7.73. The third-order valence-electron chi connectivity index (χ3n) is 6.27. The molecule has 2 heterocycles. The summed E-state index contributed by atoms with van der Waals surface area (Å²) >= 11 is 1.45. The van der Waals surface area contributed by atoms with E-state index >= 15 is 0 Å². The van der Waals surface area contributed by atoms with Crippen LogP contribution >= 0.6 is 11.3 Å². The van der Waals surface area contributed by atoms with Crippen LogP contribution in [-0.4, -0.2) is 24.5 Å². The van der Waals surface area contributed by atoms with Gasteiger partial charge in [-0.25, -0.2) is 4.98 Å². The van der Waals surface area contributed by atoms with E-state index < -0.39 is 0 Å². The first-order chi connectivity index (χ1) is 14.7. The van der Waals surface area contributed by atoms with Crippen molar-refractivity contribution in [1.29, 1.82) is 0 Å². The number of hydrogen-bond acceptors (Lipinski definition) is 4. The average Bonchev–Trinajstić information content (AvgIpc) is 3.43. The zero-order valence-electron chi connectivity index (χ0n) is 17.0. The number of benzene rings is 2. The van der Waals surface area contributed by atoms with Crippen molar-refractivity contribution in [2.24, 2.45) is 0 Å². The fourth-order valence-corrected chi connectivity index (χ4v) is 5.54. The number of nitrogens with zero attached hydrogens (tertiary/aromatic N) is 1. The maximum atomic E-state index is 13.0. The molecular formula is C25H24N2O2S. The van der Waals surface area contributed by atoms with Crippen LogP contribution in [-0.2, 0) is 5.41 Å². The van der Waals surface area contributed by atoms with E-state index in [0.717, 1.165) is 39.7 Å². The molecule has 1 aliphatic carbocycles. The molecule has 2 aromatic carbocycles. The van der Waals surface area contributed by atoms with E-state index in [9.17, 15) is 4.79 Å². The highest BCUT2D eigenvalue weighted by atomic mass is 32.1. The number of aromatic nitrogens is 1. The molecule has 4 nitrogen and oxygen atoms in total. The van der Waals surface area contributed by atoms with Gasteiger partial charge in [0.2, 0.25) is 0 Å². The number of fused-ring (bicyclic) bond motifs is 2. The molecule has 0 spiro atoms. The summed E-state index contributed by atoms with van der Waals surface area (Å²) in [4.78, 5) is 19.3. The van der Waals surface area contributed by atoms with Gasteiger partial charge < -0.3 is 10.1 Å². The van der Waals surface area contributed by atoms with Crippen molar-refractivity contribution in [3.05, 3.63) is 71.1 Å². The summed E-state index contributed by atoms with van der Waals surface area (Å²) in [6.45, 7) is 0.677. The molecule has 5 heteroatoms. The number of pyridine rings is 1. The van der Waals surface area contributed by atoms with Gasteiger partial charge in [0.15, 0.2) is 0 Å². The third-order valence-corrected chi connectivity index (χ3v) is 7.31. The molecule has 0 atom stereocenters. The van der Waals surface area contributed by atoms with Gasteiger partial charge in [-0.05, 0) is 48.7 Å². The lowest BCUT2D eigenvalue weighted by molar-refractivity contribution is 0.0947. The van der Waals surface area contributed by atoms with Crippen LogP contribution in [0.3, 0.4) is 0 Å². The summed E-state index contributed by atoms with van der Waals surface area (Å²) in [7, 11) is 1.66. The number of rotatable bonds is 5. The summed E-state index contributed by atoms with van der Waals surface area (Å²) in [5.41, 5.74) is 2.30. The SMILES string of the molecule is COc1ccc2nc3sc(C(=O)NCC4(c5ccccc5)CCCC4)cc3cc2c1. The highest BCUT2D eigenvalue weighted by Gasteiger charge is 2.35. The third kappa shape index (κ3) is 3.43. The summed E-state index contributed by atoms with van der Waals surface area (Å²) < 4.78 is 5.32. The van der Waals surface area contributed by atoms with E-state index in [0.29, 0.717) is 11.4 Å². The number of hydrogen-bond donors (Lipinski definition) is 1. The number of methoxy groups -OCH3 is 1. The molecule has 1 fully saturated rings. The molecule has 0 unspecified atom stereocenters. The normalized spacial score (nSPS) is 15.5. The molecular weight excluding hydrogens is 392 g/mol. The average molecular weight is 417 g/mol. The van der Waals surface area contributed by atoms with Crippen LogP contribution in [0.2, 0.25) is 0 Å². The van der Waals surface area contributed by atoms with E-state index in [4.69, 9.17) is 9.72 Å². The van der Waals surface area contributed by atoms with Crippen LogP contribution in [0.15, 0.2) is 60.7 Å². The quantitative estimate of drug-likeness (QED) is 0.454. The van der Waals surface area contributed by atoms with Crippen molar-refractivity contribution >= 4 is 38.4 Å². The van der Waals surface area contributed by atoms with E-state index in [-0.39, 0.29) is 11.3 Å². The van der Waals surface area contributed by atoms with Gasteiger partial charge in [-0.3, -0.25) is 4.79 Å². The minimum absolute atomic E-state index is 0.0122. The van der Waals surface area contributed by atoms with Gasteiger partial charge in [0.25, 0.3) is 5.91 Å². The monoisotopic (exact) mass is 416 g/mol. The van der Waals surface area contributed by atoms with Crippen molar-refractivity contribution < 1.29 is 9.53 Å². The van der Waals surface area contributed by atoms with E-state index in [1.54, 1.807) is 7.11 Å². The molecule has 0 bridgehead atoms. The van der Waals surface area contributed by atoms with Crippen LogP contribution < -0.4 is 10.1 Å². The second-order valence-electron chi connectivity index (χ2n) is 8.09. The Morgan fingerprint density at radius 3 is 2.63 bits per heavy atom. The van der Waals surface area contributed by atoms with Crippen molar-refractivity contribution in [3.63, 3.8) is 0 Å². The molecule has 0 radical (unpaired) electrons. The molecule has 1 aliphatic rings. The van der Waals surface area contributed by atoms with Crippen LogP contribution in [0.5, 0.6) is 5.75 Å². The van der Waals surface area contributed by atoms with Gasteiger partial charge in [0.05, 0.1) is 17.5 Å². The van der Waals surface area contributed by atoms with Gasteiger partial charge in [0.1, 0.15) is 10.6 Å². The molecule has 1 N–H and O–H groups in total. The van der Waals surface area contributed by atoms with E-state index in [1.807, 2.05) is 24.3 Å². The summed E-state index contributed by atoms with van der Waals surface area (Å²) in [5, 5.41) is 5.23. The Balaban J connectivity index is 1.39. The predicted octanol–water partition coefficient (Wildman–Crippen LogP) is 5.70. The van der Waals surface area contributed by atoms with Crippen molar-refractivity contribution in [3.8, 4) is 5.75 Å². The molecule has 2 aromatic heterocycles. The Hall–Kier alpha value is -2.92. The Bertz CT molecular complexity index is 1210. The molecule has 0 aliphatic heterocycles. The van der Waals surface area contributed by atoms with Crippen LogP contribution in [0.4, 0.5) is 0 Å². The highest BCUT2D eigenvalue weighted by Crippen LogP contribution is 2.40. The zero-order chi connectivity index (χ0) is 20.6. The molecule has 4 aromatic rings. The minimum atomic E-state index is -0.0122. The lowest BCUT2D eigenvalue weighted by Gasteiger charge is -2.30. The predicted molar refractivity (Wildman–Crippen MR) is 123 cm³/mol. The second-order valence-corrected chi connectivity index (χ2v) is 9.12. The van der Waals surface area contributed by atoms with Crippen molar-refractivity contribution in [2.75, 3.05) is 13.7 Å². The largest absolute Gasteiger partial charge is 0.497 e. The zero-order valence-corrected chi connectivity index (χ0v) is 17.8. The Kier molecular flexibility index (Phi) is 4.91. The topological polar surface area (TPSA) is 51.2 Å². The van der Waals surface area contributed by atoms with E-state index in [2.05, 4.69) is 41.7 Å². The smallest absolute Gasteiger partial charge is 0.261 e. The van der Waals surface area contributed by atoms with Crippen LogP contribution in [0, 0.1) is 0 Å². The van der Waals surface area contributed by atoms with Gasteiger partial charge >= 0.3 is 0 Å². The van der Waals surface area contributed by atoms with Gasteiger partial charge in [0, 0.05) is 22.7 Å². The maximum Gasteiger partial charge on any atom is 0.261 e. The maximum absolute atomic E-state index is 13.0.